The molecule has 1 unspecified atom stereocenters. The first-order valence-electron chi connectivity index (χ1n) is 7.80. The van der Waals surface area contributed by atoms with E-state index in [1.807, 2.05) is 43.5 Å². The summed E-state index contributed by atoms with van der Waals surface area (Å²) in [5, 5.41) is 23.5. The van der Waals surface area contributed by atoms with Crippen molar-refractivity contribution in [2.45, 2.75) is 13.0 Å². The minimum Gasteiger partial charge on any atom is -0.494 e. The number of guanidine groups is 1. The lowest BCUT2D eigenvalue weighted by Gasteiger charge is -2.26. The molecule has 3 rings (SSSR count). The van der Waals surface area contributed by atoms with Crippen molar-refractivity contribution in [3.8, 4) is 18.0 Å². The largest absolute Gasteiger partial charge is 0.494 e. The second kappa shape index (κ2) is 6.87. The number of nitrogens with zero attached hydrogens (tertiary/aromatic N) is 4. The lowest BCUT2D eigenvalue weighted by Crippen LogP contribution is -2.32. The number of fused-ring (bicyclic) bond motifs is 1. The Morgan fingerprint density at radius 2 is 2.00 bits per heavy atom. The number of nitrogens with two attached hydrogens (primary N) is 2. The summed E-state index contributed by atoms with van der Waals surface area (Å²) in [7, 11) is 0. The van der Waals surface area contributed by atoms with E-state index in [4.69, 9.17) is 21.5 Å². The molecule has 9 nitrogen and oxygen atoms in total. The van der Waals surface area contributed by atoms with Crippen molar-refractivity contribution in [3.05, 3.63) is 41.0 Å². The monoisotopic (exact) mass is 348 g/mol. The van der Waals surface area contributed by atoms with E-state index in [1.165, 1.54) is 0 Å². The Kier molecular flexibility index (Phi) is 4.46. The molecule has 26 heavy (non-hydrogen) atoms. The normalized spacial score (nSPS) is 14.9. The summed E-state index contributed by atoms with van der Waals surface area (Å²) in [4.78, 5) is 8.70. The molecule has 130 valence electrons. The van der Waals surface area contributed by atoms with Gasteiger partial charge in [-0.1, -0.05) is 12.1 Å². The van der Waals surface area contributed by atoms with Gasteiger partial charge in [0.2, 0.25) is 5.96 Å². The highest BCUT2D eigenvalue weighted by Gasteiger charge is 2.29. The molecule has 0 amide bonds. The van der Waals surface area contributed by atoms with Crippen LogP contribution in [0.25, 0.3) is 0 Å². The van der Waals surface area contributed by atoms with Crippen LogP contribution in [0.2, 0.25) is 0 Å². The average molecular weight is 348 g/mol. The third-order valence-electron chi connectivity index (χ3n) is 3.86. The summed E-state index contributed by atoms with van der Waals surface area (Å²) < 4.78 is 5.45. The zero-order valence-corrected chi connectivity index (χ0v) is 13.9. The van der Waals surface area contributed by atoms with E-state index in [2.05, 4.69) is 20.6 Å². The van der Waals surface area contributed by atoms with Crippen molar-refractivity contribution in [2.75, 3.05) is 23.4 Å². The molecule has 2 heterocycles. The summed E-state index contributed by atoms with van der Waals surface area (Å²) in [5.41, 5.74) is 13.6. The van der Waals surface area contributed by atoms with Crippen molar-refractivity contribution < 1.29 is 4.74 Å². The highest BCUT2D eigenvalue weighted by Crippen LogP contribution is 2.40. The molecule has 1 aliphatic rings. The highest BCUT2D eigenvalue weighted by atomic mass is 16.5. The molecule has 0 fully saturated rings. The SMILES string of the molecule is CCOc1ccc(C2N=C(NC#N)Nc3nc(N)c(C#N)c(N)c32)cc1. The number of hydrogen-bond donors (Lipinski definition) is 4. The number of aliphatic imine (C=N–C) groups is 1. The van der Waals surface area contributed by atoms with Crippen molar-refractivity contribution in [2.24, 2.45) is 4.99 Å². The van der Waals surface area contributed by atoms with Gasteiger partial charge in [-0.2, -0.15) is 10.5 Å². The number of aromatic nitrogens is 1. The van der Waals surface area contributed by atoms with Gasteiger partial charge in [-0.25, -0.2) is 9.98 Å². The molecule has 0 spiro atoms. The molecule has 1 aliphatic heterocycles. The van der Waals surface area contributed by atoms with E-state index in [9.17, 15) is 5.26 Å². The van der Waals surface area contributed by atoms with Gasteiger partial charge in [0.05, 0.1) is 12.3 Å². The molecule has 6 N–H and O–H groups in total. The van der Waals surface area contributed by atoms with Gasteiger partial charge in [0.15, 0.2) is 6.19 Å². The number of rotatable bonds is 3. The van der Waals surface area contributed by atoms with Crippen LogP contribution in [-0.2, 0) is 0 Å². The maximum atomic E-state index is 9.31. The smallest absolute Gasteiger partial charge is 0.211 e. The van der Waals surface area contributed by atoms with E-state index in [-0.39, 0.29) is 23.0 Å². The molecule has 1 aromatic carbocycles. The van der Waals surface area contributed by atoms with Gasteiger partial charge in [0, 0.05) is 5.56 Å². The van der Waals surface area contributed by atoms with Crippen molar-refractivity contribution in [1.82, 2.24) is 10.3 Å². The number of benzene rings is 1. The van der Waals surface area contributed by atoms with Crippen LogP contribution in [0, 0.1) is 22.8 Å². The number of nitriles is 2. The van der Waals surface area contributed by atoms with Crippen molar-refractivity contribution in [1.29, 1.82) is 10.5 Å². The van der Waals surface area contributed by atoms with Gasteiger partial charge in [0.25, 0.3) is 0 Å². The molecular weight excluding hydrogens is 332 g/mol. The van der Waals surface area contributed by atoms with Crippen LogP contribution < -0.4 is 26.8 Å². The van der Waals surface area contributed by atoms with Gasteiger partial charge in [-0.3, -0.25) is 5.32 Å². The Bertz CT molecular complexity index is 953. The number of anilines is 3. The number of ether oxygens (including phenoxy) is 1. The van der Waals surface area contributed by atoms with Crippen molar-refractivity contribution >= 4 is 23.3 Å². The molecule has 0 radical (unpaired) electrons. The van der Waals surface area contributed by atoms with Crippen LogP contribution in [0.15, 0.2) is 29.3 Å². The second-order valence-corrected chi connectivity index (χ2v) is 5.40. The van der Waals surface area contributed by atoms with E-state index < -0.39 is 6.04 Å². The van der Waals surface area contributed by atoms with Crippen LogP contribution in [0.1, 0.15) is 29.7 Å². The summed E-state index contributed by atoms with van der Waals surface area (Å²) in [5.74, 6) is 1.31. The molecular formula is C17H16N8O. The topological polar surface area (TPSA) is 158 Å². The van der Waals surface area contributed by atoms with Gasteiger partial charge < -0.3 is 21.5 Å². The summed E-state index contributed by atoms with van der Waals surface area (Å²) in [6, 6.07) is 8.75. The maximum absolute atomic E-state index is 9.31. The Morgan fingerprint density at radius 1 is 1.27 bits per heavy atom. The Hall–Kier alpha value is -3.98. The van der Waals surface area contributed by atoms with Crippen LogP contribution in [0.5, 0.6) is 5.75 Å². The van der Waals surface area contributed by atoms with Crippen molar-refractivity contribution in [3.63, 3.8) is 0 Å². The fourth-order valence-electron chi connectivity index (χ4n) is 2.74. The van der Waals surface area contributed by atoms with Gasteiger partial charge >= 0.3 is 0 Å². The standard InChI is InChI=1S/C17H16N8O/c1-2-26-10-5-3-9(4-6-10)14-12-13(20)11(7-18)15(21)24-16(12)25-17(23-14)22-8-19/h3-6,14H,2H2,1H3,(H6,20,21,22,23,24,25). The highest BCUT2D eigenvalue weighted by molar-refractivity contribution is 5.98. The number of pyridine rings is 1. The fourth-order valence-corrected chi connectivity index (χ4v) is 2.74. The van der Waals surface area contributed by atoms with E-state index in [0.29, 0.717) is 18.0 Å². The van der Waals surface area contributed by atoms with E-state index in [0.717, 1.165) is 11.3 Å². The molecule has 1 aromatic heterocycles. The number of nitrogen functional groups attached to an aromatic ring is 2. The van der Waals surface area contributed by atoms with Gasteiger partial charge in [-0.15, -0.1) is 0 Å². The quantitative estimate of drug-likeness (QED) is 0.479. The van der Waals surface area contributed by atoms with E-state index >= 15 is 0 Å². The van der Waals surface area contributed by atoms with Crippen LogP contribution in [-0.4, -0.2) is 17.6 Å². The Balaban J connectivity index is 2.15. The van der Waals surface area contributed by atoms with Crippen LogP contribution in [0.3, 0.4) is 0 Å². The first kappa shape index (κ1) is 16.9. The molecule has 1 atom stereocenters. The minimum atomic E-state index is -0.557. The number of nitrogens with one attached hydrogen (secondary N) is 2. The number of hydrogen-bond acceptors (Lipinski definition) is 9. The predicted octanol–water partition coefficient (Wildman–Crippen LogP) is 1.46. The summed E-state index contributed by atoms with van der Waals surface area (Å²) in [6.45, 7) is 2.47. The van der Waals surface area contributed by atoms with E-state index in [1.54, 1.807) is 0 Å². The lowest BCUT2D eigenvalue weighted by atomic mass is 9.95. The molecule has 2 aromatic rings. The zero-order valence-electron chi connectivity index (χ0n) is 13.9. The molecule has 0 aliphatic carbocycles. The van der Waals surface area contributed by atoms with Crippen LogP contribution in [0.4, 0.5) is 17.3 Å². The first-order valence-corrected chi connectivity index (χ1v) is 7.80. The summed E-state index contributed by atoms with van der Waals surface area (Å²) in [6.07, 6.45) is 1.81. The van der Waals surface area contributed by atoms with Gasteiger partial charge in [0.1, 0.15) is 35.1 Å². The Morgan fingerprint density at radius 3 is 2.62 bits per heavy atom. The average Bonchev–Trinajstić information content (AvgIpc) is 2.62. The summed E-state index contributed by atoms with van der Waals surface area (Å²) >= 11 is 0. The Labute approximate surface area is 149 Å². The maximum Gasteiger partial charge on any atom is 0.211 e. The molecule has 0 saturated heterocycles. The van der Waals surface area contributed by atoms with Gasteiger partial charge in [-0.05, 0) is 24.6 Å². The fraction of sp³-hybridized carbons (Fsp3) is 0.176. The predicted molar refractivity (Wildman–Crippen MR) is 97.0 cm³/mol. The molecule has 0 saturated carbocycles. The third kappa shape index (κ3) is 2.89. The van der Waals surface area contributed by atoms with Crippen LogP contribution >= 0.6 is 0 Å². The zero-order chi connectivity index (χ0) is 18.7. The second-order valence-electron chi connectivity index (χ2n) is 5.40. The first-order chi connectivity index (χ1) is 12.6. The minimum absolute atomic E-state index is 0.0138. The molecule has 0 bridgehead atoms. The lowest BCUT2D eigenvalue weighted by molar-refractivity contribution is 0.340. The molecule has 9 heteroatoms. The third-order valence-corrected chi connectivity index (χ3v) is 3.86.